The zero-order chi connectivity index (χ0) is 14.4. The Bertz CT molecular complexity index is 547. The summed E-state index contributed by atoms with van der Waals surface area (Å²) in [6.07, 6.45) is 3.37. The molecular weight excluding hydrogens is 264 g/mol. The average molecular weight is 286 g/mol. The molecule has 0 aromatic heterocycles. The van der Waals surface area contributed by atoms with Crippen LogP contribution in [0.3, 0.4) is 0 Å². The van der Waals surface area contributed by atoms with Crippen LogP contribution in [0.4, 0.5) is 5.69 Å². The first kappa shape index (κ1) is 13.1. The topological polar surface area (TPSA) is 41.6 Å². The van der Waals surface area contributed by atoms with Crippen molar-refractivity contribution < 1.29 is 9.53 Å². The summed E-state index contributed by atoms with van der Waals surface area (Å²) < 4.78 is 5.22. The standard InChI is InChI=1S/C17H22N2O2/c1-21-16(20)17-11-18-10-12(17)9-14-7-8-15(17)19(14)13-5-3-2-4-6-13/h2-6,12,14-15,18H,7-11H2,1H3. The van der Waals surface area contributed by atoms with E-state index in [1.807, 2.05) is 6.07 Å². The average Bonchev–Trinajstić information content (AvgIpc) is 3.11. The van der Waals surface area contributed by atoms with E-state index in [0.29, 0.717) is 12.0 Å². The molecule has 1 aromatic rings. The zero-order valence-electron chi connectivity index (χ0n) is 12.4. The highest BCUT2D eigenvalue weighted by molar-refractivity contribution is 5.81. The summed E-state index contributed by atoms with van der Waals surface area (Å²) in [4.78, 5) is 15.1. The largest absolute Gasteiger partial charge is 0.468 e. The smallest absolute Gasteiger partial charge is 0.315 e. The second-order valence-electron chi connectivity index (χ2n) is 6.59. The number of hydrogen-bond acceptors (Lipinski definition) is 4. The predicted molar refractivity (Wildman–Crippen MR) is 81.2 cm³/mol. The molecule has 0 spiro atoms. The Morgan fingerprint density at radius 2 is 2.14 bits per heavy atom. The van der Waals surface area contributed by atoms with E-state index in [2.05, 4.69) is 34.5 Å². The third-order valence-corrected chi connectivity index (χ3v) is 5.81. The third-order valence-electron chi connectivity index (χ3n) is 5.81. The number of hydrogen-bond donors (Lipinski definition) is 1. The number of anilines is 1. The van der Waals surface area contributed by atoms with Crippen molar-refractivity contribution in [3.05, 3.63) is 30.3 Å². The van der Waals surface area contributed by atoms with Crippen LogP contribution in [-0.2, 0) is 9.53 Å². The first-order valence-electron chi connectivity index (χ1n) is 7.90. The van der Waals surface area contributed by atoms with Crippen LogP contribution in [0, 0.1) is 11.3 Å². The van der Waals surface area contributed by atoms with Gasteiger partial charge in [-0.25, -0.2) is 0 Å². The summed E-state index contributed by atoms with van der Waals surface area (Å²) in [7, 11) is 1.53. The third kappa shape index (κ3) is 1.68. The number of rotatable bonds is 2. The van der Waals surface area contributed by atoms with Crippen LogP contribution in [0.5, 0.6) is 0 Å². The molecule has 3 saturated heterocycles. The van der Waals surface area contributed by atoms with Crippen LogP contribution in [0.25, 0.3) is 0 Å². The van der Waals surface area contributed by atoms with Gasteiger partial charge < -0.3 is 15.0 Å². The lowest BCUT2D eigenvalue weighted by atomic mass is 9.68. The second kappa shape index (κ2) is 4.73. The summed E-state index contributed by atoms with van der Waals surface area (Å²) in [6.45, 7) is 1.70. The van der Waals surface area contributed by atoms with Gasteiger partial charge in [-0.15, -0.1) is 0 Å². The van der Waals surface area contributed by atoms with Crippen LogP contribution in [0.15, 0.2) is 30.3 Å². The molecule has 112 valence electrons. The molecule has 1 N–H and O–H groups in total. The first-order chi connectivity index (χ1) is 10.3. The summed E-state index contributed by atoms with van der Waals surface area (Å²) in [5.41, 5.74) is 0.885. The van der Waals surface area contributed by atoms with E-state index in [1.165, 1.54) is 19.2 Å². The number of ether oxygens (including phenoxy) is 1. The highest BCUT2D eigenvalue weighted by atomic mass is 16.5. The first-order valence-corrected chi connectivity index (χ1v) is 7.90. The van der Waals surface area contributed by atoms with Crippen LogP contribution in [0.1, 0.15) is 19.3 Å². The van der Waals surface area contributed by atoms with E-state index in [-0.39, 0.29) is 17.4 Å². The fraction of sp³-hybridized carbons (Fsp3) is 0.588. The van der Waals surface area contributed by atoms with Crippen LogP contribution in [0.2, 0.25) is 0 Å². The number of piperidine rings is 1. The predicted octanol–water partition coefficient (Wildman–Crippen LogP) is 1.81. The van der Waals surface area contributed by atoms with Gasteiger partial charge in [0.2, 0.25) is 0 Å². The van der Waals surface area contributed by atoms with Crippen molar-refractivity contribution in [2.45, 2.75) is 31.3 Å². The molecule has 4 rings (SSSR count). The van der Waals surface area contributed by atoms with Gasteiger partial charge in [-0.2, -0.15) is 0 Å². The van der Waals surface area contributed by atoms with Crippen LogP contribution >= 0.6 is 0 Å². The van der Waals surface area contributed by atoms with Gasteiger partial charge >= 0.3 is 5.97 Å². The minimum absolute atomic E-state index is 0.0243. The van der Waals surface area contributed by atoms with E-state index in [9.17, 15) is 4.79 Å². The summed E-state index contributed by atoms with van der Waals surface area (Å²) in [5, 5.41) is 3.45. The van der Waals surface area contributed by atoms with E-state index in [4.69, 9.17) is 4.74 Å². The fourth-order valence-corrected chi connectivity index (χ4v) is 4.97. The quantitative estimate of drug-likeness (QED) is 0.842. The van der Waals surface area contributed by atoms with Gasteiger partial charge in [0.1, 0.15) is 5.41 Å². The lowest BCUT2D eigenvalue weighted by molar-refractivity contribution is -0.156. The number of fused-ring (bicyclic) bond motifs is 4. The van der Waals surface area contributed by atoms with Gasteiger partial charge in [0.25, 0.3) is 0 Å². The molecule has 4 atom stereocenters. The number of carbonyl (C=O) groups excluding carboxylic acids is 1. The number of methoxy groups -OCH3 is 1. The van der Waals surface area contributed by atoms with Gasteiger partial charge in [0, 0.05) is 24.3 Å². The summed E-state index contributed by atoms with van der Waals surface area (Å²) >= 11 is 0. The van der Waals surface area contributed by atoms with E-state index >= 15 is 0 Å². The molecule has 2 bridgehead atoms. The van der Waals surface area contributed by atoms with E-state index in [1.54, 1.807) is 0 Å². The molecule has 3 fully saturated rings. The number of carbonyl (C=O) groups is 1. The van der Waals surface area contributed by atoms with Crippen LogP contribution in [-0.4, -0.2) is 38.3 Å². The highest BCUT2D eigenvalue weighted by Gasteiger charge is 2.63. The summed E-state index contributed by atoms with van der Waals surface area (Å²) in [5.74, 6) is 0.395. The number of nitrogens with one attached hydrogen (secondary N) is 1. The maximum absolute atomic E-state index is 12.6. The number of nitrogens with zero attached hydrogens (tertiary/aromatic N) is 1. The van der Waals surface area contributed by atoms with Crippen molar-refractivity contribution in [1.29, 1.82) is 0 Å². The lowest BCUT2D eigenvalue weighted by Crippen LogP contribution is -2.60. The molecule has 4 unspecified atom stereocenters. The summed E-state index contributed by atoms with van der Waals surface area (Å²) in [6, 6.07) is 11.4. The maximum atomic E-state index is 12.6. The Morgan fingerprint density at radius 1 is 1.33 bits per heavy atom. The fourth-order valence-electron chi connectivity index (χ4n) is 4.97. The lowest BCUT2D eigenvalue weighted by Gasteiger charge is -2.49. The minimum atomic E-state index is -0.364. The molecular formula is C17H22N2O2. The minimum Gasteiger partial charge on any atom is -0.468 e. The Hall–Kier alpha value is -1.55. The molecule has 21 heavy (non-hydrogen) atoms. The molecule has 4 nitrogen and oxygen atoms in total. The second-order valence-corrected chi connectivity index (χ2v) is 6.59. The molecule has 0 amide bonds. The highest BCUT2D eigenvalue weighted by Crippen LogP contribution is 2.53. The number of esters is 1. The number of para-hydroxylation sites is 1. The van der Waals surface area contributed by atoms with Gasteiger partial charge in [-0.05, 0) is 43.9 Å². The molecule has 3 heterocycles. The van der Waals surface area contributed by atoms with Crippen molar-refractivity contribution in [3.63, 3.8) is 0 Å². The van der Waals surface area contributed by atoms with Gasteiger partial charge in [-0.3, -0.25) is 4.79 Å². The van der Waals surface area contributed by atoms with Crippen molar-refractivity contribution >= 4 is 11.7 Å². The molecule has 0 saturated carbocycles. The molecule has 3 aliphatic rings. The van der Waals surface area contributed by atoms with E-state index in [0.717, 1.165) is 25.9 Å². The molecule has 3 aliphatic heterocycles. The zero-order valence-corrected chi connectivity index (χ0v) is 12.4. The SMILES string of the molecule is COC(=O)C12CNCC1CC1CCC2N1c1ccccc1. The molecule has 4 heteroatoms. The van der Waals surface area contributed by atoms with Crippen molar-refractivity contribution in [2.24, 2.45) is 11.3 Å². The van der Waals surface area contributed by atoms with Crippen LogP contribution < -0.4 is 10.2 Å². The molecule has 1 aromatic carbocycles. The van der Waals surface area contributed by atoms with Crippen molar-refractivity contribution in [3.8, 4) is 0 Å². The Labute approximate surface area is 125 Å². The van der Waals surface area contributed by atoms with Gasteiger partial charge in [0.15, 0.2) is 0 Å². The normalized spacial score (nSPS) is 37.4. The Balaban J connectivity index is 1.78. The number of benzene rings is 1. The van der Waals surface area contributed by atoms with Gasteiger partial charge in [0.05, 0.1) is 7.11 Å². The van der Waals surface area contributed by atoms with E-state index < -0.39 is 0 Å². The maximum Gasteiger partial charge on any atom is 0.315 e. The molecule has 0 aliphatic carbocycles. The van der Waals surface area contributed by atoms with Crippen molar-refractivity contribution in [2.75, 3.05) is 25.1 Å². The molecule has 0 radical (unpaired) electrons. The Morgan fingerprint density at radius 3 is 2.90 bits per heavy atom. The van der Waals surface area contributed by atoms with Crippen molar-refractivity contribution in [1.82, 2.24) is 5.32 Å². The Kier molecular flexibility index (Phi) is 2.96. The monoisotopic (exact) mass is 286 g/mol. The van der Waals surface area contributed by atoms with Gasteiger partial charge in [-0.1, -0.05) is 18.2 Å².